The third-order valence-corrected chi connectivity index (χ3v) is 8.61. The molecule has 0 radical (unpaired) electrons. The highest BCUT2D eigenvalue weighted by Gasteiger charge is 2.44. The van der Waals surface area contributed by atoms with Crippen molar-refractivity contribution in [2.75, 3.05) is 37.8 Å². The lowest BCUT2D eigenvalue weighted by Gasteiger charge is -2.37. The van der Waals surface area contributed by atoms with E-state index in [0.717, 1.165) is 38.8 Å². The summed E-state index contributed by atoms with van der Waals surface area (Å²) >= 11 is 1.60. The molecule has 1 aromatic carbocycles. The molecule has 4 aliphatic rings. The molecule has 0 saturated carbocycles. The van der Waals surface area contributed by atoms with Gasteiger partial charge in [0.2, 0.25) is 11.8 Å². The Kier molecular flexibility index (Phi) is 7.13. The van der Waals surface area contributed by atoms with Gasteiger partial charge in [0, 0.05) is 38.4 Å². The molecule has 1 unspecified atom stereocenters. The molecule has 35 heavy (non-hydrogen) atoms. The Morgan fingerprint density at radius 3 is 2.40 bits per heavy atom. The molecule has 4 heterocycles. The Balaban J connectivity index is 1.16. The first kappa shape index (κ1) is 24.3. The molecule has 10 heteroatoms. The molecule has 3 atom stereocenters. The summed E-state index contributed by atoms with van der Waals surface area (Å²) in [6.07, 6.45) is 3.33. The molecule has 3 fully saturated rings. The van der Waals surface area contributed by atoms with E-state index in [2.05, 4.69) is 0 Å². The number of benzene rings is 1. The lowest BCUT2D eigenvalue weighted by atomic mass is 10.1. The van der Waals surface area contributed by atoms with Gasteiger partial charge >= 0.3 is 0 Å². The van der Waals surface area contributed by atoms with Crippen LogP contribution in [0.1, 0.15) is 59.2 Å². The molecule has 0 spiro atoms. The predicted octanol–water partition coefficient (Wildman–Crippen LogP) is 1.37. The van der Waals surface area contributed by atoms with E-state index in [1.54, 1.807) is 40.9 Å². The minimum Gasteiger partial charge on any atom is -0.376 e. The molecule has 0 aromatic heterocycles. The highest BCUT2D eigenvalue weighted by Crippen LogP contribution is 2.31. The summed E-state index contributed by atoms with van der Waals surface area (Å²) in [4.78, 5) is 57.9. The zero-order chi connectivity index (χ0) is 24.5. The second-order valence-electron chi connectivity index (χ2n) is 9.68. The second kappa shape index (κ2) is 10.3. The summed E-state index contributed by atoms with van der Waals surface area (Å²) in [6, 6.07) is 6.06. The zero-order valence-electron chi connectivity index (χ0n) is 19.8. The minimum atomic E-state index is -0.885. The summed E-state index contributed by atoms with van der Waals surface area (Å²) < 4.78 is 0. The molecule has 188 valence electrons. The Labute approximate surface area is 209 Å². The fraction of sp³-hybridized carbons (Fsp3) is 0.600. The van der Waals surface area contributed by atoms with E-state index in [1.165, 1.54) is 4.90 Å². The molecule has 1 N–H and O–H groups in total. The van der Waals surface area contributed by atoms with Gasteiger partial charge in [0.15, 0.2) is 0 Å². The van der Waals surface area contributed by atoms with Crippen molar-refractivity contribution in [2.24, 2.45) is 0 Å². The number of carbonyl (C=O) groups is 4. The molecular weight excluding hydrogens is 468 g/mol. The molecule has 3 saturated heterocycles. The first-order chi connectivity index (χ1) is 17.0. The van der Waals surface area contributed by atoms with Gasteiger partial charge in [-0.05, 0) is 44.2 Å². The number of hydrogen-bond acceptors (Lipinski definition) is 7. The molecule has 0 aliphatic carbocycles. The van der Waals surface area contributed by atoms with E-state index in [9.17, 15) is 24.3 Å². The fourth-order valence-corrected chi connectivity index (χ4v) is 6.91. The molecule has 4 aliphatic heterocycles. The highest BCUT2D eigenvalue weighted by atomic mass is 32.2. The maximum atomic E-state index is 13.1. The maximum absolute atomic E-state index is 13.1. The van der Waals surface area contributed by atoms with Gasteiger partial charge in [-0.25, -0.2) is 0 Å². The van der Waals surface area contributed by atoms with Crippen LogP contribution in [0.15, 0.2) is 24.3 Å². The van der Waals surface area contributed by atoms with Crippen LogP contribution in [0.25, 0.3) is 0 Å². The molecule has 9 nitrogen and oxygen atoms in total. The number of rotatable bonds is 7. The number of aliphatic hydroxyl groups is 1. The lowest BCUT2D eigenvalue weighted by Crippen LogP contribution is -2.56. The first-order valence-electron chi connectivity index (χ1n) is 12.5. The summed E-state index contributed by atoms with van der Waals surface area (Å²) in [6.45, 7) is 2.41. The van der Waals surface area contributed by atoms with Crippen molar-refractivity contribution in [3.63, 3.8) is 0 Å². The van der Waals surface area contributed by atoms with Gasteiger partial charge in [-0.3, -0.25) is 29.0 Å². The van der Waals surface area contributed by atoms with Gasteiger partial charge in [-0.2, -0.15) is 0 Å². The van der Waals surface area contributed by atoms with Gasteiger partial charge in [0.25, 0.3) is 11.8 Å². The molecule has 0 bridgehead atoms. The topological polar surface area (TPSA) is 101 Å². The number of fused-ring (bicyclic) bond motifs is 1. The average molecular weight is 501 g/mol. The first-order valence-corrected chi connectivity index (χ1v) is 13.7. The van der Waals surface area contributed by atoms with E-state index in [1.807, 2.05) is 9.80 Å². The van der Waals surface area contributed by atoms with Gasteiger partial charge in [0.05, 0.1) is 29.1 Å². The molecule has 5 rings (SSSR count). The van der Waals surface area contributed by atoms with Gasteiger partial charge < -0.3 is 14.9 Å². The van der Waals surface area contributed by atoms with Crippen LogP contribution in [0.2, 0.25) is 0 Å². The maximum Gasteiger partial charge on any atom is 0.261 e. The standard InChI is InChI=1S/C25H32N4O5S/c30-21(10-6-14-28-22(31)17-7-1-2-8-18(17)23(28)32)29-16-35-15-20(29)25(34)27-13-5-9-19(27)24(33)26-11-3-4-12-26/h1-2,7-8,19-20,25,34H,3-6,9-16H2/t19-,20+,25?/m1/s1. The normalized spacial score (nSPS) is 25.6. The van der Waals surface area contributed by atoms with Crippen LogP contribution in [0, 0.1) is 0 Å². The fourth-order valence-electron chi connectivity index (χ4n) is 5.68. The molecule has 4 amide bonds. The van der Waals surface area contributed by atoms with Crippen molar-refractivity contribution in [2.45, 2.75) is 56.8 Å². The van der Waals surface area contributed by atoms with E-state index in [0.29, 0.717) is 35.7 Å². The summed E-state index contributed by atoms with van der Waals surface area (Å²) in [5, 5.41) is 11.2. The smallest absolute Gasteiger partial charge is 0.261 e. The van der Waals surface area contributed by atoms with Crippen molar-refractivity contribution in [3.8, 4) is 0 Å². The minimum absolute atomic E-state index is 0.0997. The van der Waals surface area contributed by atoms with Crippen LogP contribution in [-0.4, -0.2) is 104 Å². The van der Waals surface area contributed by atoms with Crippen LogP contribution in [0.3, 0.4) is 0 Å². The van der Waals surface area contributed by atoms with E-state index >= 15 is 0 Å². The zero-order valence-corrected chi connectivity index (χ0v) is 20.6. The second-order valence-corrected chi connectivity index (χ2v) is 10.7. The molecular formula is C25H32N4O5S. The van der Waals surface area contributed by atoms with Crippen LogP contribution >= 0.6 is 11.8 Å². The van der Waals surface area contributed by atoms with E-state index < -0.39 is 6.23 Å². The quantitative estimate of drug-likeness (QED) is 0.565. The van der Waals surface area contributed by atoms with Crippen LogP contribution in [0.5, 0.6) is 0 Å². The Hall–Kier alpha value is -2.43. The number of aliphatic hydroxyl groups excluding tert-OH is 1. The van der Waals surface area contributed by atoms with E-state index in [-0.39, 0.29) is 48.7 Å². The number of thioether (sulfide) groups is 1. The Bertz CT molecular complexity index is 978. The van der Waals surface area contributed by atoms with Crippen molar-refractivity contribution in [1.82, 2.24) is 19.6 Å². The Morgan fingerprint density at radius 2 is 1.71 bits per heavy atom. The highest BCUT2D eigenvalue weighted by molar-refractivity contribution is 7.99. The molecule has 1 aromatic rings. The number of nitrogens with zero attached hydrogens (tertiary/aromatic N) is 4. The summed E-state index contributed by atoms with van der Waals surface area (Å²) in [5.74, 6) is 0.482. The number of carbonyl (C=O) groups excluding carboxylic acids is 4. The number of hydrogen-bond donors (Lipinski definition) is 1. The van der Waals surface area contributed by atoms with Crippen LogP contribution < -0.4 is 0 Å². The van der Waals surface area contributed by atoms with Crippen molar-refractivity contribution < 1.29 is 24.3 Å². The van der Waals surface area contributed by atoms with E-state index in [4.69, 9.17) is 0 Å². The van der Waals surface area contributed by atoms with Crippen LogP contribution in [-0.2, 0) is 9.59 Å². The van der Waals surface area contributed by atoms with Crippen LogP contribution in [0.4, 0.5) is 0 Å². The van der Waals surface area contributed by atoms with Crippen molar-refractivity contribution in [3.05, 3.63) is 35.4 Å². The summed E-state index contributed by atoms with van der Waals surface area (Å²) in [5.41, 5.74) is 0.818. The van der Waals surface area contributed by atoms with Gasteiger partial charge in [-0.15, -0.1) is 11.8 Å². The van der Waals surface area contributed by atoms with Crippen molar-refractivity contribution >= 4 is 35.4 Å². The lowest BCUT2D eigenvalue weighted by molar-refractivity contribution is -0.144. The van der Waals surface area contributed by atoms with Gasteiger partial charge in [-0.1, -0.05) is 12.1 Å². The summed E-state index contributed by atoms with van der Waals surface area (Å²) in [7, 11) is 0. The number of likely N-dealkylation sites (tertiary alicyclic amines) is 2. The monoisotopic (exact) mass is 500 g/mol. The number of amides is 4. The number of imide groups is 1. The van der Waals surface area contributed by atoms with Crippen molar-refractivity contribution in [1.29, 1.82) is 0 Å². The Morgan fingerprint density at radius 1 is 1.03 bits per heavy atom. The average Bonchev–Trinajstić information content (AvgIpc) is 3.68. The third kappa shape index (κ3) is 4.59. The predicted molar refractivity (Wildman–Crippen MR) is 131 cm³/mol. The SMILES string of the molecule is O=C([C@H]1CCCN1C(O)[C@@H]1CSCN1C(=O)CCCN1C(=O)c2ccccc2C1=O)N1CCCC1. The largest absolute Gasteiger partial charge is 0.376 e. The third-order valence-electron chi connectivity index (χ3n) is 7.57. The van der Waals surface area contributed by atoms with Gasteiger partial charge in [0.1, 0.15) is 6.23 Å².